The van der Waals surface area contributed by atoms with Crippen LogP contribution >= 0.6 is 0 Å². The van der Waals surface area contributed by atoms with Crippen molar-refractivity contribution >= 4 is 0 Å². The van der Waals surface area contributed by atoms with Gasteiger partial charge in [-0.25, -0.2) is 0 Å². The SMILES string of the molecule is CC(C)(C)C(CN)c1cccc2c1OCO2. The van der Waals surface area contributed by atoms with Crippen LogP contribution in [0.3, 0.4) is 0 Å². The van der Waals surface area contributed by atoms with E-state index in [1.165, 1.54) is 0 Å². The van der Waals surface area contributed by atoms with Gasteiger partial charge in [0.2, 0.25) is 6.79 Å². The molecule has 1 unspecified atom stereocenters. The summed E-state index contributed by atoms with van der Waals surface area (Å²) in [4.78, 5) is 0. The third-order valence-electron chi connectivity index (χ3n) is 3.08. The number of ether oxygens (including phenoxy) is 2. The van der Waals surface area contributed by atoms with Crippen LogP contribution in [0.15, 0.2) is 18.2 Å². The number of para-hydroxylation sites is 1. The van der Waals surface area contributed by atoms with E-state index in [0.717, 1.165) is 17.1 Å². The molecule has 0 radical (unpaired) electrons. The molecule has 2 N–H and O–H groups in total. The Morgan fingerprint density at radius 2 is 2.06 bits per heavy atom. The molecule has 1 aromatic carbocycles. The Bertz CT molecular complexity index is 382. The summed E-state index contributed by atoms with van der Waals surface area (Å²) in [6, 6.07) is 6.01. The van der Waals surface area contributed by atoms with Gasteiger partial charge < -0.3 is 15.2 Å². The monoisotopic (exact) mass is 221 g/mol. The predicted octanol–water partition coefficient (Wildman–Crippen LogP) is 2.50. The van der Waals surface area contributed by atoms with Crippen LogP contribution in [0.5, 0.6) is 11.5 Å². The third-order valence-corrected chi connectivity index (χ3v) is 3.08. The average molecular weight is 221 g/mol. The topological polar surface area (TPSA) is 44.5 Å². The van der Waals surface area contributed by atoms with Gasteiger partial charge in [0.25, 0.3) is 0 Å². The van der Waals surface area contributed by atoms with E-state index >= 15 is 0 Å². The summed E-state index contributed by atoms with van der Waals surface area (Å²) < 4.78 is 10.9. The fraction of sp³-hybridized carbons (Fsp3) is 0.538. The van der Waals surface area contributed by atoms with Crippen LogP contribution in [0, 0.1) is 5.41 Å². The number of hydrogen-bond donors (Lipinski definition) is 1. The summed E-state index contributed by atoms with van der Waals surface area (Å²) in [5, 5.41) is 0. The molecular formula is C13H19NO2. The number of hydrogen-bond acceptors (Lipinski definition) is 3. The Labute approximate surface area is 96.5 Å². The molecule has 0 saturated carbocycles. The molecule has 0 fully saturated rings. The van der Waals surface area contributed by atoms with E-state index in [1.54, 1.807) is 0 Å². The lowest BCUT2D eigenvalue weighted by atomic mass is 9.76. The van der Waals surface area contributed by atoms with E-state index in [1.807, 2.05) is 12.1 Å². The molecule has 0 bridgehead atoms. The zero-order valence-electron chi connectivity index (χ0n) is 10.1. The molecule has 1 aliphatic heterocycles. The first kappa shape index (κ1) is 11.3. The molecule has 88 valence electrons. The van der Waals surface area contributed by atoms with Crippen LogP contribution in [0.4, 0.5) is 0 Å². The van der Waals surface area contributed by atoms with E-state index in [4.69, 9.17) is 15.2 Å². The van der Waals surface area contributed by atoms with E-state index in [9.17, 15) is 0 Å². The summed E-state index contributed by atoms with van der Waals surface area (Å²) in [6.45, 7) is 7.51. The smallest absolute Gasteiger partial charge is 0.231 e. The first-order valence-electron chi connectivity index (χ1n) is 5.62. The Morgan fingerprint density at radius 3 is 2.69 bits per heavy atom. The van der Waals surface area contributed by atoms with E-state index < -0.39 is 0 Å². The second-order valence-corrected chi connectivity index (χ2v) is 5.24. The second kappa shape index (κ2) is 3.98. The van der Waals surface area contributed by atoms with Crippen molar-refractivity contribution in [1.29, 1.82) is 0 Å². The first-order chi connectivity index (χ1) is 7.54. The minimum Gasteiger partial charge on any atom is -0.454 e. The molecule has 0 aliphatic carbocycles. The predicted molar refractivity (Wildman–Crippen MR) is 63.8 cm³/mol. The molecule has 1 aliphatic rings. The maximum Gasteiger partial charge on any atom is 0.231 e. The standard InChI is InChI=1S/C13H19NO2/c1-13(2,3)10(7-14)9-5-4-6-11-12(9)16-8-15-11/h4-6,10H,7-8,14H2,1-3H3. The highest BCUT2D eigenvalue weighted by Gasteiger charge is 2.30. The lowest BCUT2D eigenvalue weighted by Gasteiger charge is -2.30. The van der Waals surface area contributed by atoms with Gasteiger partial charge in [-0.2, -0.15) is 0 Å². The van der Waals surface area contributed by atoms with E-state index in [-0.39, 0.29) is 11.3 Å². The quantitative estimate of drug-likeness (QED) is 0.834. The van der Waals surface area contributed by atoms with Gasteiger partial charge in [-0.3, -0.25) is 0 Å². The minimum absolute atomic E-state index is 0.121. The van der Waals surface area contributed by atoms with Crippen molar-refractivity contribution in [3.8, 4) is 11.5 Å². The van der Waals surface area contributed by atoms with Crippen LogP contribution in [0.25, 0.3) is 0 Å². The van der Waals surface area contributed by atoms with Crippen molar-refractivity contribution < 1.29 is 9.47 Å². The van der Waals surface area contributed by atoms with Gasteiger partial charge in [0, 0.05) is 11.5 Å². The molecule has 0 saturated heterocycles. The van der Waals surface area contributed by atoms with Crippen LogP contribution in [-0.4, -0.2) is 13.3 Å². The normalized spacial score (nSPS) is 16.2. The van der Waals surface area contributed by atoms with Gasteiger partial charge in [0.05, 0.1) is 0 Å². The maximum atomic E-state index is 5.89. The van der Waals surface area contributed by atoms with Gasteiger partial charge in [0.15, 0.2) is 11.5 Å². The Hall–Kier alpha value is -1.22. The van der Waals surface area contributed by atoms with Crippen molar-refractivity contribution in [3.63, 3.8) is 0 Å². The van der Waals surface area contributed by atoms with Gasteiger partial charge in [-0.05, 0) is 18.0 Å². The molecule has 3 nitrogen and oxygen atoms in total. The minimum atomic E-state index is 0.121. The highest BCUT2D eigenvalue weighted by atomic mass is 16.7. The molecular weight excluding hydrogens is 202 g/mol. The van der Waals surface area contributed by atoms with Gasteiger partial charge in [0.1, 0.15) is 0 Å². The van der Waals surface area contributed by atoms with Gasteiger partial charge in [-0.15, -0.1) is 0 Å². The summed E-state index contributed by atoms with van der Waals surface area (Å²) in [5.74, 6) is 1.98. The van der Waals surface area contributed by atoms with Crippen molar-refractivity contribution in [3.05, 3.63) is 23.8 Å². The van der Waals surface area contributed by atoms with Crippen molar-refractivity contribution in [2.75, 3.05) is 13.3 Å². The number of rotatable bonds is 2. The lowest BCUT2D eigenvalue weighted by Crippen LogP contribution is -2.26. The molecule has 3 heteroatoms. The zero-order chi connectivity index (χ0) is 11.8. The maximum absolute atomic E-state index is 5.89. The number of fused-ring (bicyclic) bond motifs is 1. The average Bonchev–Trinajstić information content (AvgIpc) is 2.65. The zero-order valence-corrected chi connectivity index (χ0v) is 10.1. The van der Waals surface area contributed by atoms with Crippen LogP contribution in [-0.2, 0) is 0 Å². The molecule has 2 rings (SSSR count). The summed E-state index contributed by atoms with van der Waals surface area (Å²) in [5.41, 5.74) is 7.17. The van der Waals surface area contributed by atoms with E-state index in [2.05, 4.69) is 26.8 Å². The van der Waals surface area contributed by atoms with E-state index in [0.29, 0.717) is 13.3 Å². The Kier molecular flexibility index (Phi) is 2.80. The fourth-order valence-electron chi connectivity index (χ4n) is 2.17. The summed E-state index contributed by atoms with van der Waals surface area (Å²) in [7, 11) is 0. The Balaban J connectivity index is 2.43. The highest BCUT2D eigenvalue weighted by Crippen LogP contribution is 2.44. The molecule has 1 aromatic rings. The lowest BCUT2D eigenvalue weighted by molar-refractivity contribution is 0.171. The molecule has 16 heavy (non-hydrogen) atoms. The highest BCUT2D eigenvalue weighted by molar-refractivity contribution is 5.50. The van der Waals surface area contributed by atoms with Gasteiger partial charge >= 0.3 is 0 Å². The van der Waals surface area contributed by atoms with Crippen molar-refractivity contribution in [2.24, 2.45) is 11.1 Å². The van der Waals surface area contributed by atoms with Crippen LogP contribution in [0.2, 0.25) is 0 Å². The Morgan fingerprint density at radius 1 is 1.31 bits per heavy atom. The van der Waals surface area contributed by atoms with Crippen LogP contribution < -0.4 is 15.2 Å². The number of nitrogens with two attached hydrogens (primary N) is 1. The fourth-order valence-corrected chi connectivity index (χ4v) is 2.17. The third kappa shape index (κ3) is 1.87. The molecule has 0 aromatic heterocycles. The van der Waals surface area contributed by atoms with Gasteiger partial charge in [-0.1, -0.05) is 32.9 Å². The van der Waals surface area contributed by atoms with Crippen molar-refractivity contribution in [2.45, 2.75) is 26.7 Å². The molecule has 1 heterocycles. The second-order valence-electron chi connectivity index (χ2n) is 5.24. The summed E-state index contributed by atoms with van der Waals surface area (Å²) in [6.07, 6.45) is 0. The molecule has 0 amide bonds. The van der Waals surface area contributed by atoms with Crippen LogP contribution in [0.1, 0.15) is 32.3 Å². The largest absolute Gasteiger partial charge is 0.454 e. The number of benzene rings is 1. The first-order valence-corrected chi connectivity index (χ1v) is 5.62. The summed E-state index contributed by atoms with van der Waals surface area (Å²) >= 11 is 0. The molecule has 0 spiro atoms. The van der Waals surface area contributed by atoms with Crippen molar-refractivity contribution in [1.82, 2.24) is 0 Å². The molecule has 1 atom stereocenters.